The highest BCUT2D eigenvalue weighted by molar-refractivity contribution is 6.32. The average molecular weight is 561 g/mol. The topological polar surface area (TPSA) is 84.5 Å². The van der Waals surface area contributed by atoms with Crippen LogP contribution in [0.3, 0.4) is 0 Å². The largest absolute Gasteiger partial charge is 0.482 e. The molecule has 2 aliphatic carbocycles. The summed E-state index contributed by atoms with van der Waals surface area (Å²) in [6, 6.07) is 11.1. The van der Waals surface area contributed by atoms with Crippen LogP contribution in [0.25, 0.3) is 0 Å². The number of hydrogen-bond acceptors (Lipinski definition) is 5. The van der Waals surface area contributed by atoms with Crippen molar-refractivity contribution in [3.8, 4) is 5.75 Å². The minimum Gasteiger partial charge on any atom is -0.482 e. The number of aryl methyl sites for hydroxylation is 2. The molecule has 0 bridgehead atoms. The molecule has 2 N–H and O–H groups in total. The molecule has 2 aromatic carbocycles. The van der Waals surface area contributed by atoms with Gasteiger partial charge in [0.1, 0.15) is 5.75 Å². The van der Waals surface area contributed by atoms with Crippen molar-refractivity contribution in [3.05, 3.63) is 80.7 Å². The zero-order valence-electron chi connectivity index (χ0n) is 24.1. The van der Waals surface area contributed by atoms with Crippen LogP contribution < -0.4 is 15.4 Å². The lowest BCUT2D eigenvalue weighted by Gasteiger charge is -2.44. The zero-order valence-corrected chi connectivity index (χ0v) is 24.8. The van der Waals surface area contributed by atoms with Gasteiger partial charge < -0.3 is 15.4 Å². The predicted octanol–water partition coefficient (Wildman–Crippen LogP) is 6.95. The molecular formula is C33H37ClN2O4. The third kappa shape index (κ3) is 5.60. The van der Waals surface area contributed by atoms with Crippen molar-refractivity contribution in [1.82, 2.24) is 5.32 Å². The summed E-state index contributed by atoms with van der Waals surface area (Å²) in [7, 11) is 0. The Bertz CT molecular complexity index is 1450. The number of anilines is 1. The maximum absolute atomic E-state index is 13.5. The summed E-state index contributed by atoms with van der Waals surface area (Å²) >= 11 is 6.67. The Hall–Kier alpha value is -3.38. The second kappa shape index (κ2) is 10.2. The molecule has 3 aliphatic rings. The third-order valence-corrected chi connectivity index (χ3v) is 8.45. The number of Topliss-reactive ketones (excluding diaryl/α,β-unsaturated/α-hetero) is 2. The number of amides is 1. The standard InChI is InChI=1S/C33H37ClN2O4/c1-18-7-9-21(11-19(18)2)35-28(39)17-40-27-10-8-20(12-22(27)34)29-30-23(13-32(3,4)15-25(30)37)36-24-14-33(5,6)16-26(38)31(24)29/h7-12,29,36H,13-17H2,1-6H3,(H,35,39). The molecule has 5 rings (SSSR count). The van der Waals surface area contributed by atoms with Gasteiger partial charge in [0.05, 0.1) is 5.02 Å². The molecule has 0 saturated heterocycles. The fourth-order valence-corrected chi connectivity index (χ4v) is 6.44. The Morgan fingerprint density at radius 2 is 1.50 bits per heavy atom. The Balaban J connectivity index is 1.42. The number of allylic oxidation sites excluding steroid dienone is 4. The van der Waals surface area contributed by atoms with Gasteiger partial charge in [-0.25, -0.2) is 0 Å². The van der Waals surface area contributed by atoms with E-state index >= 15 is 0 Å². The first-order valence-corrected chi connectivity index (χ1v) is 14.2. The lowest BCUT2D eigenvalue weighted by molar-refractivity contribution is -0.119. The molecule has 1 heterocycles. The summed E-state index contributed by atoms with van der Waals surface area (Å²) in [5, 5.41) is 6.70. The summed E-state index contributed by atoms with van der Waals surface area (Å²) in [5.74, 6) is -0.278. The van der Waals surface area contributed by atoms with E-state index in [1.807, 2.05) is 38.1 Å². The number of nitrogens with one attached hydrogen (secondary N) is 2. The summed E-state index contributed by atoms with van der Waals surface area (Å²) in [6.45, 7) is 12.2. The zero-order chi connectivity index (χ0) is 29.0. The predicted molar refractivity (Wildman–Crippen MR) is 157 cm³/mol. The van der Waals surface area contributed by atoms with E-state index in [0.717, 1.165) is 40.9 Å². The minimum absolute atomic E-state index is 0.0624. The smallest absolute Gasteiger partial charge is 0.262 e. The Kier molecular flexibility index (Phi) is 7.20. The summed E-state index contributed by atoms with van der Waals surface area (Å²) in [6.07, 6.45) is 2.33. The van der Waals surface area contributed by atoms with Crippen molar-refractivity contribution in [2.24, 2.45) is 10.8 Å². The number of carbonyl (C=O) groups excluding carboxylic acids is 3. The number of halogens is 1. The molecule has 0 saturated carbocycles. The van der Waals surface area contributed by atoms with Gasteiger partial charge in [0.2, 0.25) is 0 Å². The van der Waals surface area contributed by atoms with Crippen molar-refractivity contribution in [2.75, 3.05) is 11.9 Å². The number of carbonyl (C=O) groups is 3. The fraction of sp³-hybridized carbons (Fsp3) is 0.424. The van der Waals surface area contributed by atoms with Crippen molar-refractivity contribution in [1.29, 1.82) is 0 Å². The number of hydrogen-bond donors (Lipinski definition) is 2. The van der Waals surface area contributed by atoms with Crippen LogP contribution >= 0.6 is 11.6 Å². The monoisotopic (exact) mass is 560 g/mol. The molecule has 7 heteroatoms. The molecular weight excluding hydrogens is 524 g/mol. The first-order valence-electron chi connectivity index (χ1n) is 13.8. The van der Waals surface area contributed by atoms with Gasteiger partial charge in [0.25, 0.3) is 5.91 Å². The molecule has 0 atom stereocenters. The Labute approximate surface area is 241 Å². The molecule has 1 aliphatic heterocycles. The number of ether oxygens (including phenoxy) is 1. The normalized spacial score (nSPS) is 20.1. The van der Waals surface area contributed by atoms with Crippen molar-refractivity contribution in [2.45, 2.75) is 73.1 Å². The lowest BCUT2D eigenvalue weighted by atomic mass is 9.64. The van der Waals surface area contributed by atoms with Crippen LogP contribution in [-0.2, 0) is 14.4 Å². The highest BCUT2D eigenvalue weighted by Crippen LogP contribution is 2.51. The van der Waals surface area contributed by atoms with E-state index in [4.69, 9.17) is 16.3 Å². The number of benzene rings is 2. The fourth-order valence-electron chi connectivity index (χ4n) is 6.20. The molecule has 0 radical (unpaired) electrons. The number of rotatable bonds is 5. The van der Waals surface area contributed by atoms with Crippen LogP contribution in [0.4, 0.5) is 5.69 Å². The van der Waals surface area contributed by atoms with Gasteiger partial charge in [-0.15, -0.1) is 0 Å². The molecule has 210 valence electrons. The van der Waals surface area contributed by atoms with Gasteiger partial charge in [0.15, 0.2) is 18.2 Å². The number of dihydropyridines is 1. The SMILES string of the molecule is Cc1ccc(NC(=O)COc2ccc(C3C4=C(CC(C)(C)CC4=O)NC4=C3C(=O)CC(C)(C)C4)cc2Cl)cc1C. The minimum atomic E-state index is -0.474. The van der Waals surface area contributed by atoms with Crippen LogP contribution in [0.15, 0.2) is 58.9 Å². The van der Waals surface area contributed by atoms with Crippen LogP contribution in [0.2, 0.25) is 5.02 Å². The highest BCUT2D eigenvalue weighted by Gasteiger charge is 2.46. The summed E-state index contributed by atoms with van der Waals surface area (Å²) < 4.78 is 5.76. The maximum atomic E-state index is 13.5. The maximum Gasteiger partial charge on any atom is 0.262 e. The highest BCUT2D eigenvalue weighted by atomic mass is 35.5. The van der Waals surface area contributed by atoms with E-state index in [2.05, 4.69) is 38.3 Å². The Morgan fingerprint density at radius 1 is 0.900 bits per heavy atom. The summed E-state index contributed by atoms with van der Waals surface area (Å²) in [5.41, 5.74) is 6.57. The van der Waals surface area contributed by atoms with Gasteiger partial charge in [-0.1, -0.05) is 51.4 Å². The van der Waals surface area contributed by atoms with E-state index in [9.17, 15) is 14.4 Å². The summed E-state index contributed by atoms with van der Waals surface area (Å²) in [4.78, 5) is 39.6. The molecule has 40 heavy (non-hydrogen) atoms. The van der Waals surface area contributed by atoms with Gasteiger partial charge in [-0.3, -0.25) is 14.4 Å². The lowest BCUT2D eigenvalue weighted by Crippen LogP contribution is -2.42. The molecule has 1 amide bonds. The van der Waals surface area contributed by atoms with Crippen LogP contribution in [0, 0.1) is 24.7 Å². The van der Waals surface area contributed by atoms with Crippen molar-refractivity contribution in [3.63, 3.8) is 0 Å². The quantitative estimate of drug-likeness (QED) is 0.413. The van der Waals surface area contributed by atoms with Crippen LogP contribution in [-0.4, -0.2) is 24.1 Å². The van der Waals surface area contributed by atoms with Gasteiger partial charge in [-0.2, -0.15) is 0 Å². The van der Waals surface area contributed by atoms with Gasteiger partial charge >= 0.3 is 0 Å². The molecule has 0 aromatic heterocycles. The number of ketones is 2. The van der Waals surface area contributed by atoms with Gasteiger partial charge in [0, 0.05) is 47.0 Å². The molecule has 6 nitrogen and oxygen atoms in total. The van der Waals surface area contributed by atoms with Crippen LogP contribution in [0.1, 0.15) is 76.0 Å². The van der Waals surface area contributed by atoms with E-state index < -0.39 is 5.92 Å². The molecule has 0 fully saturated rings. The first kappa shape index (κ1) is 28.2. The van der Waals surface area contributed by atoms with E-state index in [1.54, 1.807) is 12.1 Å². The van der Waals surface area contributed by atoms with E-state index in [0.29, 0.717) is 40.4 Å². The van der Waals surface area contributed by atoms with E-state index in [1.165, 1.54) is 0 Å². The van der Waals surface area contributed by atoms with Crippen LogP contribution in [0.5, 0.6) is 5.75 Å². The molecule has 0 unspecified atom stereocenters. The second-order valence-corrected chi connectivity index (χ2v) is 13.5. The molecule has 0 spiro atoms. The van der Waals surface area contributed by atoms with Gasteiger partial charge in [-0.05, 0) is 78.5 Å². The van der Waals surface area contributed by atoms with Crippen molar-refractivity contribution < 1.29 is 19.1 Å². The second-order valence-electron chi connectivity index (χ2n) is 13.1. The average Bonchev–Trinajstić information content (AvgIpc) is 2.82. The molecule has 2 aromatic rings. The first-order chi connectivity index (χ1) is 18.7. The third-order valence-electron chi connectivity index (χ3n) is 8.16. The van der Waals surface area contributed by atoms with Crippen molar-refractivity contribution >= 4 is 34.8 Å². The van der Waals surface area contributed by atoms with E-state index in [-0.39, 0.29) is 34.9 Å². The Morgan fingerprint density at radius 3 is 2.05 bits per heavy atom.